The second-order valence-corrected chi connectivity index (χ2v) is 20.0. The molecular formula is C68H43NOS. The molecule has 0 amide bonds. The van der Waals surface area contributed by atoms with Crippen molar-refractivity contribution in [3.63, 3.8) is 0 Å². The number of hydrogen-bond donors (Lipinski definition) is 0. The molecular weight excluding hydrogens is 879 g/mol. The first kappa shape index (κ1) is 40.2. The summed E-state index contributed by atoms with van der Waals surface area (Å²) in [5, 5.41) is 4.67. The number of benzene rings is 11. The van der Waals surface area contributed by atoms with E-state index in [1.807, 2.05) is 11.3 Å². The summed E-state index contributed by atoms with van der Waals surface area (Å²) in [6.45, 7) is 0. The van der Waals surface area contributed by atoms with Gasteiger partial charge in [0.25, 0.3) is 0 Å². The fraction of sp³-hybridized carbons (Fsp3) is 0.0294. The van der Waals surface area contributed by atoms with E-state index in [-0.39, 0.29) is 0 Å². The molecule has 0 atom stereocenters. The number of anilines is 3. The molecule has 11 aromatic carbocycles. The van der Waals surface area contributed by atoms with E-state index >= 15 is 0 Å². The molecule has 0 bridgehead atoms. The number of rotatable bonds is 7. The van der Waals surface area contributed by atoms with E-state index in [1.54, 1.807) is 0 Å². The van der Waals surface area contributed by atoms with Gasteiger partial charge in [-0.3, -0.25) is 0 Å². The molecule has 0 radical (unpaired) electrons. The van der Waals surface area contributed by atoms with Crippen molar-refractivity contribution >= 4 is 70.5 Å². The average molecular weight is 922 g/mol. The highest BCUT2D eigenvalue weighted by molar-refractivity contribution is 7.26. The van der Waals surface area contributed by atoms with E-state index < -0.39 is 10.8 Å². The van der Waals surface area contributed by atoms with Crippen LogP contribution in [-0.2, 0) is 10.8 Å². The zero-order valence-corrected chi connectivity index (χ0v) is 39.4. The summed E-state index contributed by atoms with van der Waals surface area (Å²) in [6, 6.07) is 96.6. The highest BCUT2D eigenvalue weighted by Crippen LogP contribution is 2.61. The van der Waals surface area contributed by atoms with E-state index in [0.717, 1.165) is 44.6 Å². The van der Waals surface area contributed by atoms with Gasteiger partial charge in [0.2, 0.25) is 0 Å². The molecule has 2 heterocycles. The van der Waals surface area contributed by atoms with Gasteiger partial charge in [-0.15, -0.1) is 11.3 Å². The van der Waals surface area contributed by atoms with Crippen LogP contribution in [-0.4, -0.2) is 0 Å². The summed E-state index contributed by atoms with van der Waals surface area (Å²) in [6.07, 6.45) is 0. The Hall–Kier alpha value is -8.76. The molecule has 0 unspecified atom stereocenters. The Balaban J connectivity index is 1.08. The fourth-order valence-electron chi connectivity index (χ4n) is 12.9. The zero-order valence-electron chi connectivity index (χ0n) is 38.6. The highest BCUT2D eigenvalue weighted by atomic mass is 32.1. The lowest BCUT2D eigenvalue weighted by molar-refractivity contribution is 0.648. The molecule has 0 spiro atoms. The molecule has 15 rings (SSSR count). The normalized spacial score (nSPS) is 13.9. The summed E-state index contributed by atoms with van der Waals surface area (Å²) in [4.78, 5) is 2.54. The first-order chi connectivity index (χ1) is 35.2. The van der Waals surface area contributed by atoms with Crippen molar-refractivity contribution in [1.82, 2.24) is 0 Å². The van der Waals surface area contributed by atoms with Gasteiger partial charge in [-0.2, -0.15) is 0 Å². The maximum absolute atomic E-state index is 7.41. The van der Waals surface area contributed by atoms with Gasteiger partial charge in [0.1, 0.15) is 11.2 Å². The van der Waals surface area contributed by atoms with Crippen LogP contribution in [0.15, 0.2) is 265 Å². The molecule has 2 aromatic heterocycles. The highest BCUT2D eigenvalue weighted by Gasteiger charge is 2.49. The lowest BCUT2D eigenvalue weighted by Crippen LogP contribution is -2.29. The summed E-state index contributed by atoms with van der Waals surface area (Å²) in [7, 11) is 0. The monoisotopic (exact) mass is 921 g/mol. The lowest BCUT2D eigenvalue weighted by Gasteiger charge is -2.36. The van der Waals surface area contributed by atoms with Crippen LogP contribution in [0.1, 0.15) is 44.5 Å². The summed E-state index contributed by atoms with van der Waals surface area (Å²) in [5.74, 6) is 0. The third kappa shape index (κ3) is 5.47. The van der Waals surface area contributed by atoms with E-state index in [9.17, 15) is 0 Å². The van der Waals surface area contributed by atoms with Crippen LogP contribution in [0.2, 0.25) is 0 Å². The second kappa shape index (κ2) is 15.4. The Kier molecular flexibility index (Phi) is 8.69. The number of furan rings is 1. The Morgan fingerprint density at radius 3 is 1.49 bits per heavy atom. The predicted octanol–water partition coefficient (Wildman–Crippen LogP) is 18.1. The van der Waals surface area contributed by atoms with Crippen LogP contribution in [0, 0.1) is 0 Å². The predicted molar refractivity (Wildman–Crippen MR) is 296 cm³/mol. The maximum atomic E-state index is 7.41. The van der Waals surface area contributed by atoms with Crippen LogP contribution in [0.25, 0.3) is 64.4 Å². The molecule has 0 N–H and O–H groups in total. The summed E-state index contributed by atoms with van der Waals surface area (Å²) in [5.41, 5.74) is 18.6. The van der Waals surface area contributed by atoms with Crippen LogP contribution in [0.5, 0.6) is 0 Å². The number of hydrogen-bond acceptors (Lipinski definition) is 3. The second-order valence-electron chi connectivity index (χ2n) is 19.0. The minimum Gasteiger partial charge on any atom is -0.456 e. The van der Waals surface area contributed by atoms with Crippen molar-refractivity contribution in [2.75, 3.05) is 4.90 Å². The van der Waals surface area contributed by atoms with E-state index in [1.165, 1.54) is 81.4 Å². The fourth-order valence-corrected chi connectivity index (χ4v) is 14.1. The first-order valence-corrected chi connectivity index (χ1v) is 25.3. The molecule has 71 heavy (non-hydrogen) atoms. The third-order valence-corrected chi connectivity index (χ3v) is 16.8. The molecule has 13 aromatic rings. The minimum absolute atomic E-state index is 0.577. The summed E-state index contributed by atoms with van der Waals surface area (Å²) >= 11 is 1.87. The lowest BCUT2D eigenvalue weighted by atomic mass is 9.67. The summed E-state index contributed by atoms with van der Waals surface area (Å²) < 4.78 is 9.91. The Morgan fingerprint density at radius 1 is 0.338 bits per heavy atom. The van der Waals surface area contributed by atoms with Crippen molar-refractivity contribution in [1.29, 1.82) is 0 Å². The minimum atomic E-state index is -0.667. The van der Waals surface area contributed by atoms with Gasteiger partial charge in [0.15, 0.2) is 0 Å². The Bertz CT molecular complexity index is 4160. The van der Waals surface area contributed by atoms with Crippen LogP contribution in [0.3, 0.4) is 0 Å². The van der Waals surface area contributed by atoms with Crippen LogP contribution in [0.4, 0.5) is 17.1 Å². The molecule has 3 heteroatoms. The average Bonchev–Trinajstić information content (AvgIpc) is 4.19. The number of thiophene rings is 1. The van der Waals surface area contributed by atoms with E-state index in [4.69, 9.17) is 4.42 Å². The van der Waals surface area contributed by atoms with Crippen LogP contribution < -0.4 is 4.90 Å². The standard InChI is InChI=1S/C68H43NOS/c1-4-21-44(22-5-1)67(45-23-6-2-7-24-45)55-33-15-10-29-50(55)51-40-39-47(43-59(51)67)69(61-36-20-32-53-52-30-14-19-38-63(52)71-66(53)61)60-42-41-58(65-64(60)54-31-13-18-37-62(54)70-65)68(46-25-8-3-9-26-46)56-34-16-11-27-48(56)49-28-12-17-35-57(49)68/h1-43H. The smallest absolute Gasteiger partial charge is 0.142 e. The quantitative estimate of drug-likeness (QED) is 0.158. The topological polar surface area (TPSA) is 16.4 Å². The molecule has 2 aliphatic carbocycles. The van der Waals surface area contributed by atoms with Gasteiger partial charge < -0.3 is 9.32 Å². The molecule has 0 saturated heterocycles. The van der Waals surface area contributed by atoms with Gasteiger partial charge in [-0.1, -0.05) is 224 Å². The number of para-hydroxylation sites is 1. The molecule has 332 valence electrons. The maximum Gasteiger partial charge on any atom is 0.142 e. The van der Waals surface area contributed by atoms with Crippen molar-refractivity contribution in [3.8, 4) is 22.3 Å². The van der Waals surface area contributed by atoms with Crippen molar-refractivity contribution in [2.24, 2.45) is 0 Å². The largest absolute Gasteiger partial charge is 0.456 e. The van der Waals surface area contributed by atoms with E-state index in [0.29, 0.717) is 0 Å². The van der Waals surface area contributed by atoms with Gasteiger partial charge in [-0.25, -0.2) is 0 Å². The van der Waals surface area contributed by atoms with Gasteiger partial charge >= 0.3 is 0 Å². The van der Waals surface area contributed by atoms with Crippen molar-refractivity contribution in [2.45, 2.75) is 10.8 Å². The van der Waals surface area contributed by atoms with E-state index in [2.05, 4.69) is 266 Å². The van der Waals surface area contributed by atoms with Crippen molar-refractivity contribution < 1.29 is 4.42 Å². The zero-order chi connectivity index (χ0) is 46.7. The van der Waals surface area contributed by atoms with Gasteiger partial charge in [0.05, 0.1) is 32.3 Å². The molecule has 0 saturated carbocycles. The van der Waals surface area contributed by atoms with Gasteiger partial charge in [-0.05, 0) is 97.6 Å². The Labute approximate surface area is 416 Å². The van der Waals surface area contributed by atoms with Crippen molar-refractivity contribution in [3.05, 3.63) is 305 Å². The van der Waals surface area contributed by atoms with Gasteiger partial charge in [0, 0.05) is 32.1 Å². The third-order valence-electron chi connectivity index (χ3n) is 15.6. The SMILES string of the molecule is c1ccc(C2(c3ccccc3)c3ccccc3-c3ccc(N(c4cccc5c4sc4ccccc45)c4ccc(C5(c6ccccc6)c6ccccc6-c6ccccc65)c5oc6ccccc6c45)cc32)cc1. The number of fused-ring (bicyclic) bond motifs is 12. The molecule has 0 fully saturated rings. The first-order valence-electron chi connectivity index (χ1n) is 24.5. The van der Waals surface area contributed by atoms with Crippen LogP contribution >= 0.6 is 11.3 Å². The molecule has 2 aliphatic rings. The molecule has 0 aliphatic heterocycles. The number of nitrogens with zero attached hydrogens (tertiary/aromatic N) is 1. The Morgan fingerprint density at radius 2 is 0.845 bits per heavy atom. The molecule has 2 nitrogen and oxygen atoms in total.